The first-order valence-electron chi connectivity index (χ1n) is 8.15. The molecule has 0 unspecified atom stereocenters. The van der Waals surface area contributed by atoms with Gasteiger partial charge >= 0.3 is 0 Å². The van der Waals surface area contributed by atoms with Gasteiger partial charge in [0.15, 0.2) is 5.16 Å². The second kappa shape index (κ2) is 7.26. The number of aromatic nitrogens is 3. The third-order valence-electron chi connectivity index (χ3n) is 4.00. The first kappa shape index (κ1) is 17.5. The number of anilines is 1. The minimum Gasteiger partial charge on any atom is -0.368 e. The molecule has 0 radical (unpaired) electrons. The van der Waals surface area contributed by atoms with Crippen LogP contribution < -0.4 is 11.1 Å². The molecule has 1 saturated carbocycles. The lowest BCUT2D eigenvalue weighted by Gasteiger charge is -2.10. The Morgan fingerprint density at radius 1 is 1.32 bits per heavy atom. The molecule has 8 heteroatoms. The standard InChI is InChI=1S/C17H21N5O2S/c1-10-3-4-11(2)13(7-10)19-15(24)9-25-17-21-20-16(12-5-6-12)22(17)8-14(18)23/h3-4,7,12H,5-6,8-9H2,1-2H3,(H2,18,23)(H,19,24). The monoisotopic (exact) mass is 359 g/mol. The highest BCUT2D eigenvalue weighted by Crippen LogP contribution is 2.40. The number of primary amides is 1. The largest absolute Gasteiger partial charge is 0.368 e. The summed E-state index contributed by atoms with van der Waals surface area (Å²) in [5, 5.41) is 11.8. The van der Waals surface area contributed by atoms with Crippen LogP contribution in [0.4, 0.5) is 5.69 Å². The quantitative estimate of drug-likeness (QED) is 0.736. The topological polar surface area (TPSA) is 103 Å². The van der Waals surface area contributed by atoms with Crippen LogP contribution in [-0.2, 0) is 16.1 Å². The number of nitrogens with two attached hydrogens (primary N) is 1. The molecular weight excluding hydrogens is 338 g/mol. The Balaban J connectivity index is 1.65. The molecule has 1 aliphatic carbocycles. The number of hydrogen-bond acceptors (Lipinski definition) is 5. The van der Waals surface area contributed by atoms with Gasteiger partial charge in [-0.1, -0.05) is 23.9 Å². The minimum absolute atomic E-state index is 0.0414. The molecule has 1 fully saturated rings. The molecule has 1 heterocycles. The van der Waals surface area contributed by atoms with Crippen molar-refractivity contribution in [3.63, 3.8) is 0 Å². The number of hydrogen-bond donors (Lipinski definition) is 2. The summed E-state index contributed by atoms with van der Waals surface area (Å²) in [5.74, 6) is 0.763. The van der Waals surface area contributed by atoms with E-state index in [0.717, 1.165) is 35.5 Å². The van der Waals surface area contributed by atoms with Gasteiger partial charge in [-0.15, -0.1) is 10.2 Å². The molecule has 0 bridgehead atoms. The normalized spacial score (nSPS) is 13.7. The van der Waals surface area contributed by atoms with E-state index >= 15 is 0 Å². The van der Waals surface area contributed by atoms with Crippen molar-refractivity contribution in [1.29, 1.82) is 0 Å². The van der Waals surface area contributed by atoms with Crippen LogP contribution in [0.15, 0.2) is 23.4 Å². The summed E-state index contributed by atoms with van der Waals surface area (Å²) in [5.41, 5.74) is 8.23. The van der Waals surface area contributed by atoms with Crippen molar-refractivity contribution < 1.29 is 9.59 Å². The fourth-order valence-corrected chi connectivity index (χ4v) is 3.29. The zero-order chi connectivity index (χ0) is 18.0. The molecule has 3 rings (SSSR count). The van der Waals surface area contributed by atoms with Crippen molar-refractivity contribution in [2.45, 2.75) is 44.3 Å². The molecule has 2 aromatic rings. The van der Waals surface area contributed by atoms with Gasteiger partial charge in [-0.2, -0.15) is 0 Å². The third kappa shape index (κ3) is 4.39. The molecule has 1 aromatic heterocycles. The maximum Gasteiger partial charge on any atom is 0.237 e. The minimum atomic E-state index is -0.441. The number of carbonyl (C=O) groups excluding carboxylic acids is 2. The summed E-state index contributed by atoms with van der Waals surface area (Å²) < 4.78 is 1.73. The van der Waals surface area contributed by atoms with E-state index in [9.17, 15) is 9.59 Å². The number of rotatable bonds is 7. The number of carbonyl (C=O) groups is 2. The molecule has 3 N–H and O–H groups in total. The SMILES string of the molecule is Cc1ccc(C)c(NC(=O)CSc2nnc(C3CC3)n2CC(N)=O)c1. The molecule has 25 heavy (non-hydrogen) atoms. The summed E-state index contributed by atoms with van der Waals surface area (Å²) >= 11 is 1.26. The predicted octanol–water partition coefficient (Wildman–Crippen LogP) is 1.99. The van der Waals surface area contributed by atoms with Crippen LogP contribution in [0.25, 0.3) is 0 Å². The molecule has 1 aliphatic rings. The van der Waals surface area contributed by atoms with Gasteiger partial charge in [0.1, 0.15) is 12.4 Å². The van der Waals surface area contributed by atoms with Crippen LogP contribution in [0.5, 0.6) is 0 Å². The Labute approximate surface area is 150 Å². The lowest BCUT2D eigenvalue weighted by atomic mass is 10.1. The highest BCUT2D eigenvalue weighted by molar-refractivity contribution is 7.99. The highest BCUT2D eigenvalue weighted by atomic mass is 32.2. The van der Waals surface area contributed by atoms with E-state index in [1.165, 1.54) is 11.8 Å². The first-order chi connectivity index (χ1) is 11.9. The fraction of sp³-hybridized carbons (Fsp3) is 0.412. The number of thioether (sulfide) groups is 1. The fourth-order valence-electron chi connectivity index (χ4n) is 2.54. The molecule has 0 aliphatic heterocycles. The smallest absolute Gasteiger partial charge is 0.237 e. The number of amides is 2. The van der Waals surface area contributed by atoms with Crippen molar-refractivity contribution in [1.82, 2.24) is 14.8 Å². The van der Waals surface area contributed by atoms with E-state index in [-0.39, 0.29) is 18.2 Å². The predicted molar refractivity (Wildman–Crippen MR) is 96.5 cm³/mol. The lowest BCUT2D eigenvalue weighted by Crippen LogP contribution is -2.21. The Kier molecular flexibility index (Phi) is 5.08. The summed E-state index contributed by atoms with van der Waals surface area (Å²) in [6, 6.07) is 5.92. The van der Waals surface area contributed by atoms with Crippen molar-refractivity contribution in [2.75, 3.05) is 11.1 Å². The molecule has 132 valence electrons. The van der Waals surface area contributed by atoms with Crippen LogP contribution in [0, 0.1) is 13.8 Å². The van der Waals surface area contributed by atoms with E-state index in [0.29, 0.717) is 11.1 Å². The second-order valence-electron chi connectivity index (χ2n) is 6.32. The number of aryl methyl sites for hydroxylation is 2. The third-order valence-corrected chi connectivity index (χ3v) is 4.97. The zero-order valence-electron chi connectivity index (χ0n) is 14.3. The van der Waals surface area contributed by atoms with Gasteiger partial charge in [0, 0.05) is 11.6 Å². The maximum atomic E-state index is 12.3. The number of nitrogens with zero attached hydrogens (tertiary/aromatic N) is 3. The lowest BCUT2D eigenvalue weighted by molar-refractivity contribution is -0.118. The Morgan fingerprint density at radius 2 is 2.08 bits per heavy atom. The van der Waals surface area contributed by atoms with E-state index < -0.39 is 5.91 Å². The van der Waals surface area contributed by atoms with Gasteiger partial charge in [0.05, 0.1) is 5.75 Å². The van der Waals surface area contributed by atoms with Crippen LogP contribution >= 0.6 is 11.8 Å². The summed E-state index contributed by atoms with van der Waals surface area (Å²) in [7, 11) is 0. The molecule has 0 spiro atoms. The van der Waals surface area contributed by atoms with E-state index in [1.807, 2.05) is 32.0 Å². The van der Waals surface area contributed by atoms with Crippen molar-refractivity contribution in [3.05, 3.63) is 35.2 Å². The summed E-state index contributed by atoms with van der Waals surface area (Å²) in [4.78, 5) is 23.6. The average Bonchev–Trinajstić information content (AvgIpc) is 3.31. The molecule has 7 nitrogen and oxygen atoms in total. The van der Waals surface area contributed by atoms with Crippen molar-refractivity contribution in [2.24, 2.45) is 5.73 Å². The van der Waals surface area contributed by atoms with Crippen LogP contribution in [0.2, 0.25) is 0 Å². The van der Waals surface area contributed by atoms with Gasteiger partial charge in [0.25, 0.3) is 0 Å². The van der Waals surface area contributed by atoms with Gasteiger partial charge in [-0.25, -0.2) is 0 Å². The van der Waals surface area contributed by atoms with E-state index in [1.54, 1.807) is 4.57 Å². The molecular formula is C17H21N5O2S. The summed E-state index contributed by atoms with van der Waals surface area (Å²) in [6.45, 7) is 3.98. The van der Waals surface area contributed by atoms with Gasteiger partial charge in [-0.05, 0) is 43.9 Å². The van der Waals surface area contributed by atoms with Crippen LogP contribution in [-0.4, -0.2) is 32.3 Å². The zero-order valence-corrected chi connectivity index (χ0v) is 15.1. The number of benzene rings is 1. The van der Waals surface area contributed by atoms with Crippen LogP contribution in [0.1, 0.15) is 35.7 Å². The first-order valence-corrected chi connectivity index (χ1v) is 9.14. The molecule has 0 atom stereocenters. The van der Waals surface area contributed by atoms with Crippen LogP contribution in [0.3, 0.4) is 0 Å². The molecule has 1 aromatic carbocycles. The Hall–Kier alpha value is -2.35. The average molecular weight is 359 g/mol. The second-order valence-corrected chi connectivity index (χ2v) is 7.27. The maximum absolute atomic E-state index is 12.3. The van der Waals surface area contributed by atoms with Crippen molar-refractivity contribution in [3.8, 4) is 0 Å². The Morgan fingerprint density at radius 3 is 2.76 bits per heavy atom. The van der Waals surface area contributed by atoms with Gasteiger partial charge in [-0.3, -0.25) is 14.2 Å². The Bertz CT molecular complexity index is 813. The highest BCUT2D eigenvalue weighted by Gasteiger charge is 2.31. The number of nitrogens with one attached hydrogen (secondary N) is 1. The van der Waals surface area contributed by atoms with Crippen molar-refractivity contribution >= 4 is 29.3 Å². The van der Waals surface area contributed by atoms with Gasteiger partial charge < -0.3 is 11.1 Å². The van der Waals surface area contributed by atoms with E-state index in [4.69, 9.17) is 5.73 Å². The molecule has 0 saturated heterocycles. The summed E-state index contributed by atoms with van der Waals surface area (Å²) in [6.07, 6.45) is 2.10. The van der Waals surface area contributed by atoms with Gasteiger partial charge in [0.2, 0.25) is 11.8 Å². The van der Waals surface area contributed by atoms with E-state index in [2.05, 4.69) is 15.5 Å². The molecule has 2 amide bonds.